The van der Waals surface area contributed by atoms with Crippen molar-refractivity contribution >= 4 is 59.1 Å². The Morgan fingerprint density at radius 3 is 2.33 bits per heavy atom. The molecule has 2 aromatic carbocycles. The number of amides is 7. The summed E-state index contributed by atoms with van der Waals surface area (Å²) < 4.78 is 5.91. The normalized spacial score (nSPS) is 16.6. The molecule has 7 rings (SSSR count). The van der Waals surface area contributed by atoms with Crippen molar-refractivity contribution in [2.75, 3.05) is 25.4 Å². The van der Waals surface area contributed by atoms with Crippen LogP contribution in [0.5, 0.6) is 11.5 Å². The minimum atomic E-state index is -1.24. The van der Waals surface area contributed by atoms with Gasteiger partial charge in [0.1, 0.15) is 17.8 Å². The zero-order chi connectivity index (χ0) is 46.7. The van der Waals surface area contributed by atoms with E-state index >= 15 is 0 Å². The van der Waals surface area contributed by atoms with Gasteiger partial charge in [-0.2, -0.15) is 11.8 Å². The number of imide groups is 2. The topological polar surface area (TPSA) is 255 Å². The fourth-order valence-corrected chi connectivity index (χ4v) is 9.00. The minimum absolute atomic E-state index is 0.0329. The largest absolute Gasteiger partial charge is 0.505 e. The molecule has 4 aromatic rings. The molecule has 2 saturated heterocycles. The summed E-state index contributed by atoms with van der Waals surface area (Å²) in [4.78, 5) is 112. The molecule has 7 amide bonds. The molecule has 0 radical (unpaired) electrons. The number of pyridine rings is 2. The van der Waals surface area contributed by atoms with Crippen molar-refractivity contribution in [3.05, 3.63) is 107 Å². The first-order valence-corrected chi connectivity index (χ1v) is 22.9. The first kappa shape index (κ1) is 46.8. The standard InChI is InChI=1S/C47H49N7O11S/c55-37-17-16-35(43(59)52-37)54-45(61)33-9-7-10-36(39(33)46(54)62)65-25-6-2-1-3-11-38(56)53-23-19-30(20-24-53)50-42(58)29-14-12-28(13-15-29)32-18-22-49-40(41(32)57)44(60)51-34(47(63)64)27-66-26-31-8-4-5-21-48-31/h4-5,7-10,12-15,18,21-22,30,34-35,57H,1-3,6,11,16-17,19-20,23-27H2,(H,50,58)(H,51,60)(H,63,64)(H,52,55,59)/t34-,35?/m0/s1. The molecule has 2 atom stereocenters. The van der Waals surface area contributed by atoms with Crippen molar-refractivity contribution in [1.82, 2.24) is 35.7 Å². The van der Waals surface area contributed by atoms with Gasteiger partial charge in [-0.1, -0.05) is 37.1 Å². The van der Waals surface area contributed by atoms with E-state index in [9.17, 15) is 48.6 Å². The van der Waals surface area contributed by atoms with Crippen LogP contribution in [0.4, 0.5) is 0 Å². The molecule has 19 heteroatoms. The smallest absolute Gasteiger partial charge is 0.327 e. The van der Waals surface area contributed by atoms with Gasteiger partial charge in [0, 0.05) is 67.0 Å². The molecule has 0 saturated carbocycles. The van der Waals surface area contributed by atoms with Gasteiger partial charge in [0.25, 0.3) is 23.6 Å². The zero-order valence-electron chi connectivity index (χ0n) is 35.9. The van der Waals surface area contributed by atoms with Gasteiger partial charge >= 0.3 is 5.97 Å². The lowest BCUT2D eigenvalue weighted by Gasteiger charge is -2.32. The molecule has 0 aliphatic carbocycles. The quantitative estimate of drug-likeness (QED) is 0.0656. The number of piperidine rings is 2. The third-order valence-corrected chi connectivity index (χ3v) is 12.7. The van der Waals surface area contributed by atoms with E-state index in [1.807, 2.05) is 17.0 Å². The van der Waals surface area contributed by atoms with Crippen LogP contribution in [0.2, 0.25) is 0 Å². The average molecular weight is 920 g/mol. The molecule has 0 bridgehead atoms. The van der Waals surface area contributed by atoms with Crippen LogP contribution in [0.25, 0.3) is 11.1 Å². The fourth-order valence-electron chi connectivity index (χ4n) is 8.04. The summed E-state index contributed by atoms with van der Waals surface area (Å²) in [7, 11) is 0. The van der Waals surface area contributed by atoms with Crippen LogP contribution < -0.4 is 20.7 Å². The number of fused-ring (bicyclic) bond motifs is 1. The van der Waals surface area contributed by atoms with Crippen molar-refractivity contribution in [2.45, 2.75) is 81.7 Å². The summed E-state index contributed by atoms with van der Waals surface area (Å²) in [5, 5.41) is 28.4. The third kappa shape index (κ3) is 11.2. The number of aromatic nitrogens is 2. The summed E-state index contributed by atoms with van der Waals surface area (Å²) in [6, 6.07) is 15.7. The number of unbranched alkanes of at least 4 members (excludes halogenated alkanes) is 3. The predicted octanol–water partition coefficient (Wildman–Crippen LogP) is 4.12. The minimum Gasteiger partial charge on any atom is -0.505 e. The number of hydrogen-bond donors (Lipinski definition) is 5. The van der Waals surface area contributed by atoms with Crippen LogP contribution in [0.1, 0.15) is 105 Å². The number of benzene rings is 2. The molecule has 3 aliphatic heterocycles. The molecule has 2 aromatic heterocycles. The van der Waals surface area contributed by atoms with Gasteiger partial charge in [-0.25, -0.2) is 9.78 Å². The van der Waals surface area contributed by atoms with Gasteiger partial charge in [0.15, 0.2) is 11.4 Å². The second-order valence-corrected chi connectivity index (χ2v) is 17.1. The number of aliphatic carboxylic acids is 1. The maximum atomic E-state index is 13.3. The summed E-state index contributed by atoms with van der Waals surface area (Å²) in [6.45, 7) is 1.30. The van der Waals surface area contributed by atoms with E-state index in [1.165, 1.54) is 30.1 Å². The first-order valence-electron chi connectivity index (χ1n) is 21.7. The van der Waals surface area contributed by atoms with Gasteiger partial charge in [-0.3, -0.25) is 48.8 Å². The molecule has 66 heavy (non-hydrogen) atoms. The third-order valence-electron chi connectivity index (χ3n) is 11.6. The van der Waals surface area contributed by atoms with Crippen molar-refractivity contribution in [2.24, 2.45) is 0 Å². The highest BCUT2D eigenvalue weighted by Gasteiger charge is 2.46. The highest BCUT2D eigenvalue weighted by molar-refractivity contribution is 7.98. The number of nitrogens with zero attached hydrogens (tertiary/aromatic N) is 4. The van der Waals surface area contributed by atoms with Crippen LogP contribution in [-0.4, -0.2) is 121 Å². The van der Waals surface area contributed by atoms with Crippen LogP contribution in [0, 0.1) is 0 Å². The number of likely N-dealkylation sites (tertiary alicyclic amines) is 1. The Labute approximate surface area is 383 Å². The summed E-state index contributed by atoms with van der Waals surface area (Å²) >= 11 is 1.29. The first-order chi connectivity index (χ1) is 31.9. The van der Waals surface area contributed by atoms with E-state index in [0.717, 1.165) is 23.4 Å². The molecular formula is C47H49N7O11S. The van der Waals surface area contributed by atoms with Crippen LogP contribution in [0.15, 0.2) is 79.1 Å². The van der Waals surface area contributed by atoms with Crippen molar-refractivity contribution in [3.63, 3.8) is 0 Å². The van der Waals surface area contributed by atoms with Gasteiger partial charge in [-0.15, -0.1) is 0 Å². The predicted molar refractivity (Wildman–Crippen MR) is 239 cm³/mol. The maximum Gasteiger partial charge on any atom is 0.327 e. The Balaban J connectivity index is 0.799. The molecular weight excluding hydrogens is 871 g/mol. The van der Waals surface area contributed by atoms with Crippen LogP contribution in [0.3, 0.4) is 0 Å². The van der Waals surface area contributed by atoms with Crippen LogP contribution >= 0.6 is 11.8 Å². The lowest BCUT2D eigenvalue weighted by molar-refractivity contribution is -0.139. The van der Waals surface area contributed by atoms with E-state index in [1.54, 1.807) is 48.7 Å². The van der Waals surface area contributed by atoms with E-state index in [-0.39, 0.29) is 71.2 Å². The number of rotatable bonds is 19. The van der Waals surface area contributed by atoms with Gasteiger partial charge < -0.3 is 30.5 Å². The molecule has 5 N–H and O–H groups in total. The SMILES string of the molecule is O=C1CCC(N2C(=O)c3cccc(OCCCCCCC(=O)N4CCC(NC(=O)c5ccc(-c6ccnc(C(=O)N[C@@H](CSCc7ccccn7)C(=O)O)c6O)cc5)CC4)c3C2=O)C(=O)N1. The number of nitrogens with one attached hydrogen (secondary N) is 3. The molecule has 344 valence electrons. The van der Waals surface area contributed by atoms with Crippen molar-refractivity contribution in [3.8, 4) is 22.6 Å². The Morgan fingerprint density at radius 2 is 1.61 bits per heavy atom. The zero-order valence-corrected chi connectivity index (χ0v) is 36.7. The average Bonchev–Trinajstić information content (AvgIpc) is 3.57. The van der Waals surface area contributed by atoms with Gasteiger partial charge in [-0.05, 0) is 80.1 Å². The number of ether oxygens (including phenoxy) is 1. The summed E-state index contributed by atoms with van der Waals surface area (Å²) in [6.07, 6.45) is 7.55. The van der Waals surface area contributed by atoms with E-state index < -0.39 is 53.3 Å². The number of aromatic hydroxyl groups is 1. The Bertz CT molecular complexity index is 2500. The molecule has 18 nitrogen and oxygen atoms in total. The number of carboxylic acids is 1. The number of carbonyl (C=O) groups excluding carboxylic acids is 7. The van der Waals surface area contributed by atoms with Crippen molar-refractivity contribution < 1.29 is 53.3 Å². The molecule has 1 unspecified atom stereocenters. The second-order valence-electron chi connectivity index (χ2n) is 16.1. The van der Waals surface area contributed by atoms with Gasteiger partial charge in [0.05, 0.1) is 23.4 Å². The number of thioether (sulfide) groups is 1. The van der Waals surface area contributed by atoms with Gasteiger partial charge in [0.2, 0.25) is 17.7 Å². The Morgan fingerprint density at radius 1 is 0.833 bits per heavy atom. The summed E-state index contributed by atoms with van der Waals surface area (Å²) in [5.74, 6) is -4.31. The van der Waals surface area contributed by atoms with Crippen molar-refractivity contribution in [1.29, 1.82) is 0 Å². The number of carbonyl (C=O) groups is 8. The molecule has 5 heterocycles. The molecule has 2 fully saturated rings. The lowest BCUT2D eigenvalue weighted by Crippen LogP contribution is -2.54. The molecule has 0 spiro atoms. The highest BCUT2D eigenvalue weighted by Crippen LogP contribution is 2.34. The Hall–Kier alpha value is -7.15. The number of hydrogen-bond acceptors (Lipinski definition) is 13. The number of carboxylic acid groups (broad SMARTS) is 1. The Kier molecular flexibility index (Phi) is 15.4. The second kappa shape index (κ2) is 21.7. The summed E-state index contributed by atoms with van der Waals surface area (Å²) in [5.41, 5.74) is 1.87. The monoisotopic (exact) mass is 919 g/mol. The maximum absolute atomic E-state index is 13.3. The van der Waals surface area contributed by atoms with Crippen LogP contribution in [-0.2, 0) is 24.9 Å². The van der Waals surface area contributed by atoms with E-state index in [2.05, 4.69) is 25.9 Å². The lowest BCUT2D eigenvalue weighted by atomic mass is 10.0. The molecule has 3 aliphatic rings. The highest BCUT2D eigenvalue weighted by atomic mass is 32.2. The van der Waals surface area contributed by atoms with E-state index in [0.29, 0.717) is 62.1 Å². The van der Waals surface area contributed by atoms with E-state index in [4.69, 9.17) is 4.74 Å². The fraction of sp³-hybridized carbons (Fsp3) is 0.362.